The van der Waals surface area contributed by atoms with Gasteiger partial charge in [-0.15, -0.1) is 0 Å². The van der Waals surface area contributed by atoms with Gasteiger partial charge in [-0.2, -0.15) is 13.2 Å². The van der Waals surface area contributed by atoms with E-state index in [1.807, 2.05) is 15.9 Å². The minimum absolute atomic E-state index is 0.0147. The van der Waals surface area contributed by atoms with Crippen molar-refractivity contribution in [2.75, 3.05) is 39.8 Å². The number of alkyl halides is 3. The zero-order valence-corrected chi connectivity index (χ0v) is 23.1. The lowest BCUT2D eigenvalue weighted by atomic mass is 9.93. The molecule has 4 rings (SSSR count). The van der Waals surface area contributed by atoms with Gasteiger partial charge in [-0.25, -0.2) is 4.39 Å². The lowest BCUT2D eigenvalue weighted by molar-refractivity contribution is -0.140. The second kappa shape index (κ2) is 12.0. The molecule has 2 aromatic carbocycles. The Labute approximate surface area is 234 Å². The zero-order valence-electron chi connectivity index (χ0n) is 21.6. The molecule has 2 amide bonds. The van der Waals surface area contributed by atoms with Crippen LogP contribution in [0.1, 0.15) is 36.0 Å². The summed E-state index contributed by atoms with van der Waals surface area (Å²) in [6.07, 6.45) is -3.99. The molecule has 0 saturated carbocycles. The Kier molecular flexibility index (Phi) is 9.10. The average Bonchev–Trinajstić information content (AvgIpc) is 3.47. The number of nitrogens with zero attached hydrogens (tertiary/aromatic N) is 3. The summed E-state index contributed by atoms with van der Waals surface area (Å²) in [6, 6.07) is 8.05. The van der Waals surface area contributed by atoms with Crippen molar-refractivity contribution < 1.29 is 27.2 Å². The summed E-state index contributed by atoms with van der Waals surface area (Å²) in [5.74, 6) is -1.63. The quantitative estimate of drug-likeness (QED) is 0.473. The van der Waals surface area contributed by atoms with E-state index in [4.69, 9.17) is 23.2 Å². The first kappa shape index (κ1) is 29.6. The van der Waals surface area contributed by atoms with Gasteiger partial charge in [-0.05, 0) is 48.9 Å². The van der Waals surface area contributed by atoms with Gasteiger partial charge in [0.05, 0.1) is 22.2 Å². The number of hydrogen-bond acceptors (Lipinski definition) is 4. The second-order valence-electron chi connectivity index (χ2n) is 10.3. The molecule has 39 heavy (non-hydrogen) atoms. The molecule has 3 atom stereocenters. The molecule has 6 nitrogen and oxygen atoms in total. The highest BCUT2D eigenvalue weighted by Crippen LogP contribution is 2.36. The van der Waals surface area contributed by atoms with E-state index in [1.165, 1.54) is 13.0 Å². The van der Waals surface area contributed by atoms with E-state index in [-0.39, 0.29) is 42.9 Å². The lowest BCUT2D eigenvalue weighted by Crippen LogP contribution is -2.42. The molecule has 2 heterocycles. The zero-order chi connectivity index (χ0) is 28.5. The van der Waals surface area contributed by atoms with Gasteiger partial charge in [-0.3, -0.25) is 19.4 Å². The molecule has 0 spiro atoms. The molecule has 1 N–H and O–H groups in total. The van der Waals surface area contributed by atoms with Gasteiger partial charge in [-0.1, -0.05) is 35.3 Å². The van der Waals surface area contributed by atoms with Gasteiger partial charge >= 0.3 is 6.18 Å². The third kappa shape index (κ3) is 7.22. The Morgan fingerprint density at radius 2 is 1.82 bits per heavy atom. The van der Waals surface area contributed by atoms with E-state index in [2.05, 4.69) is 5.32 Å². The van der Waals surface area contributed by atoms with Crippen LogP contribution >= 0.6 is 23.2 Å². The van der Waals surface area contributed by atoms with E-state index >= 15 is 0 Å². The Bertz CT molecular complexity index is 1230. The molecule has 2 aromatic rings. The van der Waals surface area contributed by atoms with Crippen molar-refractivity contribution in [3.63, 3.8) is 0 Å². The molecular weight excluding hydrogens is 559 g/mol. The number of halogens is 6. The summed E-state index contributed by atoms with van der Waals surface area (Å²) < 4.78 is 53.2. The highest BCUT2D eigenvalue weighted by Gasteiger charge is 2.40. The minimum atomic E-state index is -4.77. The van der Waals surface area contributed by atoms with Crippen LogP contribution in [-0.2, 0) is 22.3 Å². The van der Waals surface area contributed by atoms with Crippen LogP contribution in [0.2, 0.25) is 10.0 Å². The number of hydrogen-bond donors (Lipinski definition) is 1. The fraction of sp³-hybridized carbons (Fsp3) is 0.481. The number of carbonyl (C=O) groups excluding carboxylic acids is 2. The van der Waals surface area contributed by atoms with Gasteiger partial charge < -0.3 is 10.2 Å². The summed E-state index contributed by atoms with van der Waals surface area (Å²) in [7, 11) is 1.80. The van der Waals surface area contributed by atoms with Crippen LogP contribution in [0.5, 0.6) is 0 Å². The number of amides is 2. The van der Waals surface area contributed by atoms with Crippen LogP contribution < -0.4 is 5.32 Å². The highest BCUT2D eigenvalue weighted by molar-refractivity contribution is 6.42. The molecule has 2 aliphatic rings. The number of carbonyl (C=O) groups is 2. The van der Waals surface area contributed by atoms with Crippen LogP contribution in [0, 0.1) is 5.82 Å². The van der Waals surface area contributed by atoms with E-state index in [0.29, 0.717) is 41.8 Å². The third-order valence-electron chi connectivity index (χ3n) is 7.39. The molecule has 2 fully saturated rings. The van der Waals surface area contributed by atoms with Gasteiger partial charge in [0, 0.05) is 57.6 Å². The van der Waals surface area contributed by atoms with Crippen LogP contribution in [-0.4, -0.2) is 78.4 Å². The normalized spacial score (nSPS) is 22.1. The van der Waals surface area contributed by atoms with Gasteiger partial charge in [0.25, 0.3) is 0 Å². The molecule has 212 valence electrons. The number of likely N-dealkylation sites (tertiary alicyclic amines) is 2. The molecule has 0 aromatic heterocycles. The molecule has 2 saturated heterocycles. The molecule has 0 aliphatic carbocycles. The van der Waals surface area contributed by atoms with Crippen LogP contribution in [0.4, 0.5) is 17.6 Å². The lowest BCUT2D eigenvalue weighted by Gasteiger charge is -2.29. The van der Waals surface area contributed by atoms with Gasteiger partial charge in [0.15, 0.2) is 0 Å². The molecule has 0 bridgehead atoms. The monoisotopic (exact) mass is 588 g/mol. The van der Waals surface area contributed by atoms with Crippen LogP contribution in [0.25, 0.3) is 0 Å². The Hall–Kier alpha value is -2.40. The van der Waals surface area contributed by atoms with Crippen molar-refractivity contribution in [1.29, 1.82) is 0 Å². The molecule has 0 radical (unpaired) electrons. The summed E-state index contributed by atoms with van der Waals surface area (Å²) in [4.78, 5) is 30.4. The first-order valence-electron chi connectivity index (χ1n) is 12.6. The molecule has 12 heteroatoms. The minimum Gasteiger partial charge on any atom is -0.352 e. The fourth-order valence-electron chi connectivity index (χ4n) is 5.47. The van der Waals surface area contributed by atoms with Crippen LogP contribution in [0.15, 0.2) is 36.4 Å². The van der Waals surface area contributed by atoms with Gasteiger partial charge in [0.2, 0.25) is 11.8 Å². The number of benzene rings is 2. The second-order valence-corrected chi connectivity index (χ2v) is 11.1. The van der Waals surface area contributed by atoms with Crippen LogP contribution in [0.3, 0.4) is 0 Å². The maximum Gasteiger partial charge on any atom is 0.419 e. The maximum absolute atomic E-state index is 14.2. The van der Waals surface area contributed by atoms with Crippen molar-refractivity contribution in [2.45, 2.75) is 44.1 Å². The van der Waals surface area contributed by atoms with Crippen molar-refractivity contribution >= 4 is 35.0 Å². The first-order valence-corrected chi connectivity index (χ1v) is 13.4. The first-order chi connectivity index (χ1) is 18.3. The smallest absolute Gasteiger partial charge is 0.352 e. The van der Waals surface area contributed by atoms with Crippen molar-refractivity contribution in [3.05, 3.63) is 69.0 Å². The Balaban J connectivity index is 1.50. The predicted molar refractivity (Wildman–Crippen MR) is 141 cm³/mol. The van der Waals surface area contributed by atoms with E-state index in [0.717, 1.165) is 24.1 Å². The van der Waals surface area contributed by atoms with E-state index in [9.17, 15) is 27.2 Å². The molecular formula is C27H30Cl2F4N4O2. The standard InChI is InChI=1S/C27H30Cl2F4N4O2/c1-16(38)34-19-7-8-36(12-19)15-26(39)37-13-20(18-4-6-22(28)23(29)10-18)25(14-37)35(2)11-17-3-5-21(24(30)9-17)27(31,32)33/h3-6,9-10,19-20,25H,7-8,11-15H2,1-2H3,(H,34,38)/t19-,20+,25-/m0/s1. The number of nitrogens with one attached hydrogen (secondary N) is 1. The SMILES string of the molecule is CC(=O)N[C@H]1CCN(CC(=O)N2C[C@H](c3ccc(Cl)c(Cl)c3)[C@@H](N(C)Cc3ccc(C(F)(F)F)c(F)c3)C2)C1. The number of rotatable bonds is 7. The largest absolute Gasteiger partial charge is 0.419 e. The topological polar surface area (TPSA) is 55.9 Å². The Morgan fingerprint density at radius 1 is 1.08 bits per heavy atom. The highest BCUT2D eigenvalue weighted by atomic mass is 35.5. The summed E-state index contributed by atoms with van der Waals surface area (Å²) in [5.41, 5.74) is -0.0355. The maximum atomic E-state index is 14.2. The van der Waals surface area contributed by atoms with Crippen molar-refractivity contribution in [3.8, 4) is 0 Å². The Morgan fingerprint density at radius 3 is 2.46 bits per heavy atom. The van der Waals surface area contributed by atoms with Crippen molar-refractivity contribution in [2.24, 2.45) is 0 Å². The third-order valence-corrected chi connectivity index (χ3v) is 8.13. The number of likely N-dealkylation sites (N-methyl/N-ethyl adjacent to an activating group) is 1. The predicted octanol–water partition coefficient (Wildman–Crippen LogP) is 4.79. The van der Waals surface area contributed by atoms with E-state index in [1.54, 1.807) is 24.1 Å². The summed E-state index contributed by atoms with van der Waals surface area (Å²) in [6.45, 7) is 3.95. The fourth-order valence-corrected chi connectivity index (χ4v) is 5.78. The van der Waals surface area contributed by atoms with Crippen molar-refractivity contribution in [1.82, 2.24) is 20.0 Å². The summed E-state index contributed by atoms with van der Waals surface area (Å²) in [5, 5.41) is 3.67. The average molecular weight is 589 g/mol. The molecule has 2 aliphatic heterocycles. The summed E-state index contributed by atoms with van der Waals surface area (Å²) >= 11 is 12.4. The van der Waals surface area contributed by atoms with Gasteiger partial charge in [0.1, 0.15) is 5.82 Å². The van der Waals surface area contributed by atoms with E-state index < -0.39 is 17.6 Å². The molecule has 0 unspecified atom stereocenters.